The van der Waals surface area contributed by atoms with Crippen LogP contribution in [-0.2, 0) is 0 Å². The lowest BCUT2D eigenvalue weighted by Crippen LogP contribution is -2.28. The standard InChI is InChI=1S/C18H29NO/c1-3-19-18(15-10-7-5-6-8-11-15)16-12-9-13-17(14-16)20-4-2/h9,12-15,18-19H,3-8,10-11H2,1-2H3. The normalized spacial score (nSPS) is 18.5. The van der Waals surface area contributed by atoms with Crippen LogP contribution >= 0.6 is 0 Å². The molecule has 1 aliphatic rings. The molecule has 112 valence electrons. The number of hydrogen-bond acceptors (Lipinski definition) is 2. The van der Waals surface area contributed by atoms with Crippen molar-refractivity contribution in [1.82, 2.24) is 5.32 Å². The predicted octanol–water partition coefficient (Wildman–Crippen LogP) is 4.71. The number of benzene rings is 1. The molecule has 0 aliphatic heterocycles. The number of hydrogen-bond donors (Lipinski definition) is 1. The molecule has 1 fully saturated rings. The Morgan fingerprint density at radius 3 is 2.55 bits per heavy atom. The van der Waals surface area contributed by atoms with Crippen molar-refractivity contribution in [2.75, 3.05) is 13.2 Å². The zero-order valence-electron chi connectivity index (χ0n) is 13.0. The molecule has 0 aromatic heterocycles. The van der Waals surface area contributed by atoms with Crippen LogP contribution in [0.15, 0.2) is 24.3 Å². The van der Waals surface area contributed by atoms with E-state index < -0.39 is 0 Å². The summed E-state index contributed by atoms with van der Waals surface area (Å²) in [5.74, 6) is 1.77. The van der Waals surface area contributed by atoms with Crippen molar-refractivity contribution in [2.24, 2.45) is 5.92 Å². The maximum absolute atomic E-state index is 5.66. The fourth-order valence-electron chi connectivity index (χ4n) is 3.39. The van der Waals surface area contributed by atoms with Crippen LogP contribution in [0.25, 0.3) is 0 Å². The van der Waals surface area contributed by atoms with Gasteiger partial charge < -0.3 is 10.1 Å². The van der Waals surface area contributed by atoms with Crippen LogP contribution in [0.5, 0.6) is 5.75 Å². The summed E-state index contributed by atoms with van der Waals surface area (Å²) in [6.07, 6.45) is 8.31. The molecule has 1 aromatic rings. The molecule has 1 aliphatic carbocycles. The van der Waals surface area contributed by atoms with Gasteiger partial charge in [0, 0.05) is 6.04 Å². The highest BCUT2D eigenvalue weighted by Gasteiger charge is 2.23. The fraction of sp³-hybridized carbons (Fsp3) is 0.667. The molecule has 20 heavy (non-hydrogen) atoms. The summed E-state index contributed by atoms with van der Waals surface area (Å²) in [6, 6.07) is 9.14. The van der Waals surface area contributed by atoms with Gasteiger partial charge in [-0.25, -0.2) is 0 Å². The summed E-state index contributed by atoms with van der Waals surface area (Å²) in [6.45, 7) is 6.01. The minimum absolute atomic E-state index is 0.485. The Balaban J connectivity index is 2.15. The van der Waals surface area contributed by atoms with Crippen molar-refractivity contribution in [2.45, 2.75) is 58.4 Å². The van der Waals surface area contributed by atoms with Gasteiger partial charge in [0.15, 0.2) is 0 Å². The van der Waals surface area contributed by atoms with Crippen molar-refractivity contribution in [3.8, 4) is 5.75 Å². The van der Waals surface area contributed by atoms with Crippen LogP contribution in [0.4, 0.5) is 0 Å². The Kier molecular flexibility index (Phi) is 6.38. The van der Waals surface area contributed by atoms with E-state index in [1.165, 1.54) is 44.1 Å². The van der Waals surface area contributed by atoms with Crippen molar-refractivity contribution < 1.29 is 4.74 Å². The highest BCUT2D eigenvalue weighted by atomic mass is 16.5. The van der Waals surface area contributed by atoms with Crippen LogP contribution in [0.2, 0.25) is 0 Å². The number of nitrogens with one attached hydrogen (secondary N) is 1. The average molecular weight is 275 g/mol. The molecular formula is C18H29NO. The molecule has 1 N–H and O–H groups in total. The third-order valence-electron chi connectivity index (χ3n) is 4.32. The Hall–Kier alpha value is -1.02. The summed E-state index contributed by atoms with van der Waals surface area (Å²) >= 11 is 0. The maximum Gasteiger partial charge on any atom is 0.119 e. The fourth-order valence-corrected chi connectivity index (χ4v) is 3.39. The van der Waals surface area contributed by atoms with Crippen LogP contribution in [-0.4, -0.2) is 13.2 Å². The summed E-state index contributed by atoms with van der Waals surface area (Å²) in [5.41, 5.74) is 1.39. The second-order valence-electron chi connectivity index (χ2n) is 5.79. The molecule has 0 saturated heterocycles. The van der Waals surface area contributed by atoms with Gasteiger partial charge in [0.2, 0.25) is 0 Å². The van der Waals surface area contributed by atoms with E-state index in [0.717, 1.165) is 24.8 Å². The summed E-state index contributed by atoms with van der Waals surface area (Å²) in [7, 11) is 0. The first-order valence-electron chi connectivity index (χ1n) is 8.31. The molecule has 2 rings (SSSR count). The largest absolute Gasteiger partial charge is 0.494 e. The van der Waals surface area contributed by atoms with Crippen LogP contribution in [0, 0.1) is 5.92 Å². The number of ether oxygens (including phenoxy) is 1. The first kappa shape index (κ1) is 15.4. The van der Waals surface area contributed by atoms with Gasteiger partial charge in [-0.2, -0.15) is 0 Å². The van der Waals surface area contributed by atoms with E-state index in [2.05, 4.69) is 36.5 Å². The molecule has 1 unspecified atom stereocenters. The molecule has 2 heteroatoms. The first-order valence-corrected chi connectivity index (χ1v) is 8.31. The quantitative estimate of drug-likeness (QED) is 0.759. The van der Waals surface area contributed by atoms with E-state index in [4.69, 9.17) is 4.74 Å². The van der Waals surface area contributed by atoms with Gasteiger partial charge in [0.05, 0.1) is 6.61 Å². The Morgan fingerprint density at radius 2 is 1.90 bits per heavy atom. The minimum Gasteiger partial charge on any atom is -0.494 e. The molecule has 0 spiro atoms. The molecule has 0 bridgehead atoms. The second kappa shape index (κ2) is 8.31. The topological polar surface area (TPSA) is 21.3 Å². The van der Waals surface area contributed by atoms with Crippen molar-refractivity contribution in [1.29, 1.82) is 0 Å². The molecule has 2 nitrogen and oxygen atoms in total. The Labute approximate surface area is 123 Å². The van der Waals surface area contributed by atoms with E-state index in [-0.39, 0.29) is 0 Å². The molecular weight excluding hydrogens is 246 g/mol. The summed E-state index contributed by atoms with van der Waals surface area (Å²) in [4.78, 5) is 0. The molecule has 1 atom stereocenters. The molecule has 0 amide bonds. The SMILES string of the molecule is CCNC(c1cccc(OCC)c1)C1CCCCCC1. The van der Waals surface area contributed by atoms with E-state index in [0.29, 0.717) is 6.04 Å². The lowest BCUT2D eigenvalue weighted by Gasteiger charge is -2.27. The van der Waals surface area contributed by atoms with Gasteiger partial charge in [-0.15, -0.1) is 0 Å². The predicted molar refractivity (Wildman–Crippen MR) is 85.2 cm³/mol. The van der Waals surface area contributed by atoms with E-state index in [1.54, 1.807) is 0 Å². The molecule has 1 aromatic carbocycles. The molecule has 1 saturated carbocycles. The summed E-state index contributed by atoms with van der Waals surface area (Å²) in [5, 5.41) is 3.71. The first-order chi connectivity index (χ1) is 9.85. The highest BCUT2D eigenvalue weighted by molar-refractivity contribution is 5.31. The van der Waals surface area contributed by atoms with Crippen LogP contribution in [0.3, 0.4) is 0 Å². The van der Waals surface area contributed by atoms with Crippen LogP contribution in [0.1, 0.15) is 64.0 Å². The van der Waals surface area contributed by atoms with E-state index >= 15 is 0 Å². The minimum atomic E-state index is 0.485. The molecule has 0 heterocycles. The lowest BCUT2D eigenvalue weighted by atomic mass is 9.87. The van der Waals surface area contributed by atoms with Crippen LogP contribution < -0.4 is 10.1 Å². The second-order valence-corrected chi connectivity index (χ2v) is 5.79. The van der Waals surface area contributed by atoms with Crippen molar-refractivity contribution in [3.05, 3.63) is 29.8 Å². The van der Waals surface area contributed by atoms with Gasteiger partial charge in [-0.3, -0.25) is 0 Å². The summed E-state index contributed by atoms with van der Waals surface area (Å²) < 4.78 is 5.66. The Morgan fingerprint density at radius 1 is 1.15 bits per heavy atom. The van der Waals surface area contributed by atoms with Gasteiger partial charge in [0.25, 0.3) is 0 Å². The number of rotatable bonds is 6. The lowest BCUT2D eigenvalue weighted by molar-refractivity contribution is 0.323. The third-order valence-corrected chi connectivity index (χ3v) is 4.32. The van der Waals surface area contributed by atoms with Crippen molar-refractivity contribution in [3.63, 3.8) is 0 Å². The highest BCUT2D eigenvalue weighted by Crippen LogP contribution is 2.34. The average Bonchev–Trinajstić information content (AvgIpc) is 2.74. The third kappa shape index (κ3) is 4.24. The zero-order valence-corrected chi connectivity index (χ0v) is 13.0. The Bertz CT molecular complexity index is 383. The zero-order chi connectivity index (χ0) is 14.2. The van der Waals surface area contributed by atoms with E-state index in [1.807, 2.05) is 6.92 Å². The van der Waals surface area contributed by atoms with Gasteiger partial charge in [0.1, 0.15) is 5.75 Å². The van der Waals surface area contributed by atoms with Gasteiger partial charge in [-0.1, -0.05) is 44.7 Å². The van der Waals surface area contributed by atoms with Gasteiger partial charge >= 0.3 is 0 Å². The smallest absolute Gasteiger partial charge is 0.119 e. The molecule has 0 radical (unpaired) electrons. The maximum atomic E-state index is 5.66. The van der Waals surface area contributed by atoms with E-state index in [9.17, 15) is 0 Å². The van der Waals surface area contributed by atoms with Crippen molar-refractivity contribution >= 4 is 0 Å². The van der Waals surface area contributed by atoms with Gasteiger partial charge in [-0.05, 0) is 49.9 Å². The monoisotopic (exact) mass is 275 g/mol.